The van der Waals surface area contributed by atoms with E-state index in [9.17, 15) is 0 Å². The van der Waals surface area contributed by atoms with E-state index in [0.29, 0.717) is 15.8 Å². The number of halogens is 3. The van der Waals surface area contributed by atoms with Crippen LogP contribution in [-0.4, -0.2) is 33.3 Å². The largest absolute Gasteiger partial charge is 0.494 e. The zero-order valence-electron chi connectivity index (χ0n) is 9.50. The Balaban J connectivity index is 0.00000144. The maximum absolute atomic E-state index is 6.10. The molecule has 2 rings (SSSR count). The van der Waals surface area contributed by atoms with Crippen LogP contribution in [0.5, 0.6) is 5.75 Å². The van der Waals surface area contributed by atoms with Crippen molar-refractivity contribution in [3.8, 4) is 5.75 Å². The topological polar surface area (TPSA) is 24.5 Å². The number of anilines is 1. The third kappa shape index (κ3) is 3.32. The summed E-state index contributed by atoms with van der Waals surface area (Å²) in [7, 11) is 1.57. The number of methoxy groups -OCH3 is 1. The van der Waals surface area contributed by atoms with Crippen LogP contribution in [0.2, 0.25) is 10.0 Å². The van der Waals surface area contributed by atoms with Crippen molar-refractivity contribution in [2.75, 3.05) is 38.2 Å². The van der Waals surface area contributed by atoms with Crippen molar-refractivity contribution in [1.29, 1.82) is 0 Å². The van der Waals surface area contributed by atoms with Crippen molar-refractivity contribution in [1.82, 2.24) is 5.32 Å². The minimum atomic E-state index is 0. The molecule has 0 radical (unpaired) electrons. The average Bonchev–Trinajstić information content (AvgIpc) is 2.30. The van der Waals surface area contributed by atoms with Crippen LogP contribution in [-0.2, 0) is 0 Å². The predicted octanol–water partition coefficient (Wildman–Crippen LogP) is 2.83. The number of nitrogens with one attached hydrogen (secondary N) is 1. The third-order valence-corrected chi connectivity index (χ3v) is 3.23. The normalized spacial score (nSPS) is 15.4. The van der Waals surface area contributed by atoms with Crippen molar-refractivity contribution >= 4 is 41.3 Å². The van der Waals surface area contributed by atoms with E-state index < -0.39 is 0 Å². The Bertz CT molecular complexity index is 358. The molecule has 0 aromatic heterocycles. The molecule has 96 valence electrons. The number of rotatable bonds is 2. The maximum atomic E-state index is 6.10. The summed E-state index contributed by atoms with van der Waals surface area (Å²) in [6, 6.07) is 3.80. The highest BCUT2D eigenvalue weighted by Gasteiger charge is 2.14. The van der Waals surface area contributed by atoms with E-state index in [4.69, 9.17) is 27.9 Å². The summed E-state index contributed by atoms with van der Waals surface area (Å²) in [5.41, 5.74) is 1.05. The van der Waals surface area contributed by atoms with Gasteiger partial charge in [-0.1, -0.05) is 23.2 Å². The summed E-state index contributed by atoms with van der Waals surface area (Å²) < 4.78 is 5.12. The Morgan fingerprint density at radius 3 is 2.18 bits per heavy atom. The van der Waals surface area contributed by atoms with Gasteiger partial charge in [-0.25, -0.2) is 0 Å². The fraction of sp³-hybridized carbons (Fsp3) is 0.455. The lowest BCUT2D eigenvalue weighted by Gasteiger charge is -2.30. The fourth-order valence-electron chi connectivity index (χ4n) is 1.85. The lowest BCUT2D eigenvalue weighted by atomic mass is 10.2. The SMILES string of the molecule is COc1c(Cl)cc(N2CCNCC2)cc1Cl.Cl. The Kier molecular flexibility index (Phi) is 5.67. The molecule has 0 bridgehead atoms. The second-order valence-corrected chi connectivity index (χ2v) is 4.49. The summed E-state index contributed by atoms with van der Waals surface area (Å²) in [5.74, 6) is 0.544. The standard InChI is InChI=1S/C11H14Cl2N2O.ClH/c1-16-11-9(12)6-8(7-10(11)13)15-4-2-14-3-5-15;/h6-7,14H,2-5H2,1H3;1H. The molecule has 0 atom stereocenters. The molecule has 6 heteroatoms. The van der Waals surface area contributed by atoms with Gasteiger partial charge < -0.3 is 15.0 Å². The first-order chi connectivity index (χ1) is 7.72. The number of ether oxygens (including phenoxy) is 1. The van der Waals surface area contributed by atoms with Crippen LogP contribution in [0.25, 0.3) is 0 Å². The van der Waals surface area contributed by atoms with Gasteiger partial charge in [0.05, 0.1) is 17.2 Å². The lowest BCUT2D eigenvalue weighted by molar-refractivity contribution is 0.415. The summed E-state index contributed by atoms with van der Waals surface area (Å²) in [4.78, 5) is 2.26. The molecule has 1 aliphatic heterocycles. The lowest BCUT2D eigenvalue weighted by Crippen LogP contribution is -2.43. The van der Waals surface area contributed by atoms with Crippen LogP contribution in [0.4, 0.5) is 5.69 Å². The van der Waals surface area contributed by atoms with Crippen LogP contribution in [0.15, 0.2) is 12.1 Å². The van der Waals surface area contributed by atoms with Crippen molar-refractivity contribution in [3.05, 3.63) is 22.2 Å². The zero-order valence-corrected chi connectivity index (χ0v) is 11.8. The molecule has 0 saturated carbocycles. The molecule has 0 spiro atoms. The quantitative estimate of drug-likeness (QED) is 0.908. The molecule has 1 saturated heterocycles. The van der Waals surface area contributed by atoms with Crippen LogP contribution in [0.1, 0.15) is 0 Å². The zero-order chi connectivity index (χ0) is 11.5. The number of hydrogen-bond donors (Lipinski definition) is 1. The van der Waals surface area contributed by atoms with E-state index in [1.807, 2.05) is 12.1 Å². The van der Waals surface area contributed by atoms with Gasteiger partial charge in [-0.15, -0.1) is 12.4 Å². The smallest absolute Gasteiger partial charge is 0.156 e. The Morgan fingerprint density at radius 1 is 1.18 bits per heavy atom. The summed E-state index contributed by atoms with van der Waals surface area (Å²) in [6.45, 7) is 3.92. The van der Waals surface area contributed by atoms with Crippen LogP contribution >= 0.6 is 35.6 Å². The minimum Gasteiger partial charge on any atom is -0.494 e. The van der Waals surface area contributed by atoms with Crippen LogP contribution in [0, 0.1) is 0 Å². The van der Waals surface area contributed by atoms with E-state index in [1.54, 1.807) is 7.11 Å². The van der Waals surface area contributed by atoms with E-state index in [-0.39, 0.29) is 12.4 Å². The number of hydrogen-bond acceptors (Lipinski definition) is 3. The monoisotopic (exact) mass is 296 g/mol. The van der Waals surface area contributed by atoms with Crippen molar-refractivity contribution in [3.63, 3.8) is 0 Å². The third-order valence-electron chi connectivity index (χ3n) is 2.67. The number of piperazine rings is 1. The molecular formula is C11H15Cl3N2O. The van der Waals surface area contributed by atoms with Gasteiger partial charge >= 0.3 is 0 Å². The molecule has 1 heterocycles. The minimum absolute atomic E-state index is 0. The van der Waals surface area contributed by atoms with Gasteiger partial charge in [-0.3, -0.25) is 0 Å². The van der Waals surface area contributed by atoms with Crippen molar-refractivity contribution < 1.29 is 4.74 Å². The Hall–Kier alpha value is -0.350. The fourth-order valence-corrected chi connectivity index (χ4v) is 2.48. The molecule has 1 aromatic carbocycles. The molecule has 0 amide bonds. The second kappa shape index (κ2) is 6.55. The molecule has 3 nitrogen and oxygen atoms in total. The van der Waals surface area contributed by atoms with Crippen molar-refractivity contribution in [2.45, 2.75) is 0 Å². The van der Waals surface area contributed by atoms with E-state index in [0.717, 1.165) is 31.9 Å². The van der Waals surface area contributed by atoms with Gasteiger partial charge in [0.25, 0.3) is 0 Å². The van der Waals surface area contributed by atoms with Crippen molar-refractivity contribution in [2.24, 2.45) is 0 Å². The highest BCUT2D eigenvalue weighted by Crippen LogP contribution is 2.36. The number of nitrogens with zero attached hydrogens (tertiary/aromatic N) is 1. The van der Waals surface area contributed by atoms with Gasteiger partial charge in [0.15, 0.2) is 5.75 Å². The molecular weight excluding hydrogens is 282 g/mol. The first-order valence-electron chi connectivity index (χ1n) is 5.21. The molecule has 1 fully saturated rings. The highest BCUT2D eigenvalue weighted by molar-refractivity contribution is 6.37. The molecule has 0 aliphatic carbocycles. The first kappa shape index (κ1) is 14.7. The van der Waals surface area contributed by atoms with Gasteiger partial charge in [0.1, 0.15) is 0 Å². The Labute approximate surface area is 117 Å². The van der Waals surface area contributed by atoms with E-state index >= 15 is 0 Å². The first-order valence-corrected chi connectivity index (χ1v) is 5.96. The van der Waals surface area contributed by atoms with Gasteiger partial charge in [-0.05, 0) is 12.1 Å². The molecule has 17 heavy (non-hydrogen) atoms. The van der Waals surface area contributed by atoms with Crippen LogP contribution < -0.4 is 15.0 Å². The van der Waals surface area contributed by atoms with Gasteiger partial charge in [-0.2, -0.15) is 0 Å². The van der Waals surface area contributed by atoms with Gasteiger partial charge in [0.2, 0.25) is 0 Å². The molecule has 1 N–H and O–H groups in total. The van der Waals surface area contributed by atoms with Gasteiger partial charge in [0, 0.05) is 31.9 Å². The summed E-state index contributed by atoms with van der Waals surface area (Å²) in [5, 5.41) is 4.42. The predicted molar refractivity (Wildman–Crippen MR) is 75.3 cm³/mol. The summed E-state index contributed by atoms with van der Waals surface area (Å²) >= 11 is 12.2. The number of benzene rings is 1. The molecule has 1 aromatic rings. The van der Waals surface area contributed by atoms with E-state index in [2.05, 4.69) is 10.2 Å². The highest BCUT2D eigenvalue weighted by atomic mass is 35.5. The van der Waals surface area contributed by atoms with E-state index in [1.165, 1.54) is 0 Å². The summed E-state index contributed by atoms with van der Waals surface area (Å²) in [6.07, 6.45) is 0. The Morgan fingerprint density at radius 2 is 1.71 bits per heavy atom. The maximum Gasteiger partial charge on any atom is 0.156 e. The second-order valence-electron chi connectivity index (χ2n) is 3.68. The molecule has 0 unspecified atom stereocenters. The average molecular weight is 298 g/mol. The van der Waals surface area contributed by atoms with Crippen LogP contribution in [0.3, 0.4) is 0 Å². The molecule has 1 aliphatic rings.